The van der Waals surface area contributed by atoms with Crippen LogP contribution in [0.2, 0.25) is 0 Å². The van der Waals surface area contributed by atoms with Crippen molar-refractivity contribution in [1.29, 1.82) is 0 Å². The number of thiophene rings is 1. The zero-order chi connectivity index (χ0) is 12.3. The highest BCUT2D eigenvalue weighted by molar-refractivity contribution is 7.25. The molecule has 3 aromatic rings. The lowest BCUT2D eigenvalue weighted by Crippen LogP contribution is -2.01. The van der Waals surface area contributed by atoms with Gasteiger partial charge in [0.1, 0.15) is 10.6 Å². The smallest absolute Gasteiger partial charge is 0.252 e. The summed E-state index contributed by atoms with van der Waals surface area (Å²) in [7, 11) is 0. The lowest BCUT2D eigenvalue weighted by Gasteiger charge is -1.98. The van der Waals surface area contributed by atoms with Gasteiger partial charge in [-0.3, -0.25) is 4.79 Å². The normalized spacial score (nSPS) is 14.4. The van der Waals surface area contributed by atoms with E-state index in [1.807, 2.05) is 0 Å². The van der Waals surface area contributed by atoms with Gasteiger partial charge in [-0.1, -0.05) is 0 Å². The van der Waals surface area contributed by atoms with Crippen LogP contribution >= 0.6 is 11.3 Å². The Balaban J connectivity index is 2.21. The standard InChI is InChI=1S/C13H10N2O2S/c16-9-5-10(17)15-11-7-4-6-2-1-3-8(6)14-13(7)18-12(9)11/h4-5H,1-3H2,(H2,15,16,17). The molecule has 0 amide bonds. The van der Waals surface area contributed by atoms with E-state index in [4.69, 9.17) is 0 Å². The van der Waals surface area contributed by atoms with Gasteiger partial charge in [0, 0.05) is 17.1 Å². The Morgan fingerprint density at radius 3 is 3.11 bits per heavy atom. The molecule has 0 aromatic carbocycles. The first-order chi connectivity index (χ1) is 8.72. The summed E-state index contributed by atoms with van der Waals surface area (Å²) in [5.74, 6) is 0.0388. The quantitative estimate of drug-likeness (QED) is 0.650. The molecule has 4 rings (SSSR count). The molecule has 5 heteroatoms. The fourth-order valence-corrected chi connectivity index (χ4v) is 3.68. The van der Waals surface area contributed by atoms with E-state index < -0.39 is 0 Å². The maximum atomic E-state index is 11.4. The number of aromatic nitrogens is 2. The number of nitrogens with zero attached hydrogens (tertiary/aromatic N) is 1. The van der Waals surface area contributed by atoms with Crippen molar-refractivity contribution >= 4 is 31.8 Å². The minimum atomic E-state index is -0.278. The second kappa shape index (κ2) is 3.32. The van der Waals surface area contributed by atoms with Crippen molar-refractivity contribution in [3.05, 3.63) is 33.7 Å². The number of H-pyrrole nitrogens is 1. The molecule has 0 saturated carbocycles. The fraction of sp³-hybridized carbons (Fsp3) is 0.231. The van der Waals surface area contributed by atoms with E-state index in [1.165, 1.54) is 23.0 Å². The van der Waals surface area contributed by atoms with E-state index in [0.29, 0.717) is 10.2 Å². The van der Waals surface area contributed by atoms with E-state index in [1.54, 1.807) is 0 Å². The SMILES string of the molecule is O=c1cc(O)c2sc3nc4c(cc3c2[nH]1)CCC4. The van der Waals surface area contributed by atoms with Gasteiger partial charge in [0.15, 0.2) is 0 Å². The molecule has 3 heterocycles. The molecule has 0 fully saturated rings. The van der Waals surface area contributed by atoms with Crippen molar-refractivity contribution in [2.24, 2.45) is 0 Å². The topological polar surface area (TPSA) is 66.0 Å². The van der Waals surface area contributed by atoms with E-state index in [2.05, 4.69) is 16.0 Å². The summed E-state index contributed by atoms with van der Waals surface area (Å²) in [4.78, 5) is 19.8. The first-order valence-electron chi connectivity index (χ1n) is 5.90. The molecular formula is C13H10N2O2S. The van der Waals surface area contributed by atoms with Crippen molar-refractivity contribution in [2.45, 2.75) is 19.3 Å². The molecule has 1 aliphatic carbocycles. The molecule has 0 spiro atoms. The first-order valence-corrected chi connectivity index (χ1v) is 6.71. The molecule has 2 N–H and O–H groups in total. The highest BCUT2D eigenvalue weighted by atomic mass is 32.1. The first kappa shape index (κ1) is 10.1. The Kier molecular flexibility index (Phi) is 1.86. The molecule has 0 aliphatic heterocycles. The summed E-state index contributed by atoms with van der Waals surface area (Å²) in [5.41, 5.74) is 2.87. The van der Waals surface area contributed by atoms with Crippen LogP contribution in [-0.2, 0) is 12.8 Å². The van der Waals surface area contributed by atoms with Crippen LogP contribution in [0.4, 0.5) is 0 Å². The van der Waals surface area contributed by atoms with Gasteiger partial charge in [-0.05, 0) is 30.9 Å². The minimum Gasteiger partial charge on any atom is -0.506 e. The Morgan fingerprint density at radius 1 is 1.33 bits per heavy atom. The zero-order valence-electron chi connectivity index (χ0n) is 9.49. The summed E-state index contributed by atoms with van der Waals surface area (Å²) in [6.45, 7) is 0. The molecule has 4 nitrogen and oxygen atoms in total. The second-order valence-corrected chi connectivity index (χ2v) is 5.62. The minimum absolute atomic E-state index is 0.0388. The number of aryl methyl sites for hydroxylation is 2. The van der Waals surface area contributed by atoms with Crippen molar-refractivity contribution in [2.75, 3.05) is 0 Å². The molecule has 0 bridgehead atoms. The summed E-state index contributed by atoms with van der Waals surface area (Å²) in [6, 6.07) is 3.32. The van der Waals surface area contributed by atoms with Crippen molar-refractivity contribution in [3.63, 3.8) is 0 Å². The van der Waals surface area contributed by atoms with Crippen molar-refractivity contribution in [3.8, 4) is 5.75 Å². The van der Waals surface area contributed by atoms with Gasteiger partial charge >= 0.3 is 0 Å². The fourth-order valence-electron chi connectivity index (χ4n) is 2.63. The third kappa shape index (κ3) is 1.25. The predicted molar refractivity (Wildman–Crippen MR) is 71.4 cm³/mol. The molecule has 0 atom stereocenters. The summed E-state index contributed by atoms with van der Waals surface area (Å²) < 4.78 is 0.709. The number of pyridine rings is 2. The number of aromatic amines is 1. The zero-order valence-corrected chi connectivity index (χ0v) is 10.3. The maximum Gasteiger partial charge on any atom is 0.252 e. The van der Waals surface area contributed by atoms with Crippen LogP contribution in [0, 0.1) is 0 Å². The largest absolute Gasteiger partial charge is 0.506 e. The Morgan fingerprint density at radius 2 is 2.22 bits per heavy atom. The van der Waals surface area contributed by atoms with Gasteiger partial charge in [0.05, 0.1) is 10.2 Å². The van der Waals surface area contributed by atoms with E-state index in [0.717, 1.165) is 35.2 Å². The molecule has 90 valence electrons. The van der Waals surface area contributed by atoms with Gasteiger partial charge in [-0.25, -0.2) is 4.98 Å². The molecule has 0 saturated heterocycles. The van der Waals surface area contributed by atoms with Crippen LogP contribution in [0.15, 0.2) is 16.9 Å². The molecule has 3 aromatic heterocycles. The Bertz CT molecular complexity index is 847. The number of rotatable bonds is 0. The number of fused-ring (bicyclic) bond motifs is 4. The molecule has 1 aliphatic rings. The van der Waals surface area contributed by atoms with Crippen LogP contribution in [0.5, 0.6) is 5.75 Å². The van der Waals surface area contributed by atoms with Gasteiger partial charge < -0.3 is 10.1 Å². The molecular weight excluding hydrogens is 248 g/mol. The van der Waals surface area contributed by atoms with Crippen LogP contribution < -0.4 is 5.56 Å². The average molecular weight is 258 g/mol. The highest BCUT2D eigenvalue weighted by Gasteiger charge is 2.17. The van der Waals surface area contributed by atoms with Crippen LogP contribution in [0.3, 0.4) is 0 Å². The summed E-state index contributed by atoms with van der Waals surface area (Å²) in [6.07, 6.45) is 3.24. The third-order valence-electron chi connectivity index (χ3n) is 3.46. The van der Waals surface area contributed by atoms with E-state index >= 15 is 0 Å². The van der Waals surface area contributed by atoms with Crippen LogP contribution in [-0.4, -0.2) is 15.1 Å². The Hall–Kier alpha value is -1.88. The number of hydrogen-bond donors (Lipinski definition) is 2. The third-order valence-corrected chi connectivity index (χ3v) is 4.58. The predicted octanol–water partition coefficient (Wildman–Crippen LogP) is 2.33. The van der Waals surface area contributed by atoms with Crippen LogP contribution in [0.1, 0.15) is 17.7 Å². The van der Waals surface area contributed by atoms with E-state index in [-0.39, 0.29) is 11.3 Å². The lowest BCUT2D eigenvalue weighted by molar-refractivity contribution is 0.481. The second-order valence-electron chi connectivity index (χ2n) is 4.63. The van der Waals surface area contributed by atoms with Gasteiger partial charge in [0.2, 0.25) is 0 Å². The average Bonchev–Trinajstić information content (AvgIpc) is 2.90. The molecule has 0 unspecified atom stereocenters. The highest BCUT2D eigenvalue weighted by Crippen LogP contribution is 2.37. The molecule has 18 heavy (non-hydrogen) atoms. The Labute approximate surface area is 106 Å². The summed E-state index contributed by atoms with van der Waals surface area (Å²) >= 11 is 1.43. The van der Waals surface area contributed by atoms with Gasteiger partial charge in [-0.2, -0.15) is 0 Å². The van der Waals surface area contributed by atoms with E-state index in [9.17, 15) is 9.90 Å². The monoisotopic (exact) mass is 258 g/mol. The van der Waals surface area contributed by atoms with Crippen LogP contribution in [0.25, 0.3) is 20.4 Å². The maximum absolute atomic E-state index is 11.4. The lowest BCUT2D eigenvalue weighted by atomic mass is 10.2. The van der Waals surface area contributed by atoms with Crippen molar-refractivity contribution in [1.82, 2.24) is 9.97 Å². The summed E-state index contributed by atoms with van der Waals surface area (Å²) in [5, 5.41) is 10.8. The number of nitrogens with one attached hydrogen (secondary N) is 1. The van der Waals surface area contributed by atoms with Crippen molar-refractivity contribution < 1.29 is 5.11 Å². The number of aromatic hydroxyl groups is 1. The van der Waals surface area contributed by atoms with Gasteiger partial charge in [0.25, 0.3) is 5.56 Å². The molecule has 0 radical (unpaired) electrons. The van der Waals surface area contributed by atoms with Gasteiger partial charge in [-0.15, -0.1) is 11.3 Å². The number of hydrogen-bond acceptors (Lipinski definition) is 4.